The van der Waals surface area contributed by atoms with E-state index in [-0.39, 0.29) is 24.7 Å². The van der Waals surface area contributed by atoms with Crippen molar-refractivity contribution in [3.05, 3.63) is 58.9 Å². The Morgan fingerprint density at radius 3 is 2.43 bits per heavy atom. The van der Waals surface area contributed by atoms with Crippen molar-refractivity contribution in [3.8, 4) is 0 Å². The third-order valence-corrected chi connectivity index (χ3v) is 4.64. The Kier molecular flexibility index (Phi) is 7.55. The average Bonchev–Trinajstić information content (AvgIpc) is 2.94. The number of carbonyl (C=O) groups is 3. The summed E-state index contributed by atoms with van der Waals surface area (Å²) in [5.41, 5.74) is 3.30. The first-order chi connectivity index (χ1) is 13.3. The fourth-order valence-electron chi connectivity index (χ4n) is 3.28. The van der Waals surface area contributed by atoms with Crippen molar-refractivity contribution < 1.29 is 19.1 Å². The topological polar surface area (TPSA) is 77.4 Å². The van der Waals surface area contributed by atoms with Gasteiger partial charge in [0.05, 0.1) is 12.5 Å². The number of aromatic nitrogens is 1. The summed E-state index contributed by atoms with van der Waals surface area (Å²) < 4.78 is 7.30. The van der Waals surface area contributed by atoms with Crippen molar-refractivity contribution >= 4 is 17.7 Å². The fourth-order valence-corrected chi connectivity index (χ4v) is 3.28. The van der Waals surface area contributed by atoms with Gasteiger partial charge in [-0.25, -0.2) is 0 Å². The molecule has 1 aromatic heterocycles. The molecular formula is C22H28N2O4. The highest BCUT2D eigenvalue weighted by molar-refractivity contribution is 5.99. The summed E-state index contributed by atoms with van der Waals surface area (Å²) in [5.74, 6) is -0.987. The Balaban J connectivity index is 1.99. The molecule has 6 heteroatoms. The van der Waals surface area contributed by atoms with Crippen LogP contribution >= 0.6 is 0 Å². The monoisotopic (exact) mass is 384 g/mol. The lowest BCUT2D eigenvalue weighted by Crippen LogP contribution is -2.29. The smallest absolute Gasteiger partial charge is 0.308 e. The third kappa shape index (κ3) is 5.55. The van der Waals surface area contributed by atoms with Crippen LogP contribution in [0.1, 0.15) is 60.0 Å². The second-order valence-electron chi connectivity index (χ2n) is 6.89. The molecule has 0 aliphatic heterocycles. The summed E-state index contributed by atoms with van der Waals surface area (Å²) in [6.45, 7) is 7.89. The van der Waals surface area contributed by atoms with E-state index in [1.54, 1.807) is 0 Å². The maximum absolute atomic E-state index is 12.5. The number of carbonyl (C=O) groups excluding carboxylic acids is 3. The lowest BCUT2D eigenvalue weighted by molar-refractivity contribution is -0.143. The molecule has 0 saturated carbocycles. The Labute approximate surface area is 165 Å². The Bertz CT molecular complexity index is 840. The van der Waals surface area contributed by atoms with E-state index in [1.165, 1.54) is 6.92 Å². The number of ketones is 1. The maximum Gasteiger partial charge on any atom is 0.308 e. The molecule has 0 fully saturated rings. The number of nitrogens with zero attached hydrogens (tertiary/aromatic N) is 1. The lowest BCUT2D eigenvalue weighted by atomic mass is 10.0. The zero-order chi connectivity index (χ0) is 20.7. The minimum absolute atomic E-state index is 0.0360. The quantitative estimate of drug-likeness (QED) is 0.530. The number of amides is 1. The second kappa shape index (κ2) is 9.88. The van der Waals surface area contributed by atoms with Crippen LogP contribution in [0, 0.1) is 13.8 Å². The third-order valence-electron chi connectivity index (χ3n) is 4.64. The standard InChI is InChI=1S/C22H28N2O4/c1-5-11-24-15(2)12-19(16(24)3)21(26)14-28-22(27)13-20(23-17(4)25)18-9-7-6-8-10-18/h6-10,12,20H,5,11,13-14H2,1-4H3,(H,23,25)/t20-/m0/s1. The number of benzene rings is 1. The molecule has 0 radical (unpaired) electrons. The van der Waals surface area contributed by atoms with Gasteiger partial charge < -0.3 is 14.6 Å². The average molecular weight is 384 g/mol. The first-order valence-electron chi connectivity index (χ1n) is 9.51. The Hall–Kier alpha value is -2.89. The number of hydrogen-bond acceptors (Lipinski definition) is 4. The SMILES string of the molecule is CCCn1c(C)cc(C(=O)COC(=O)C[C@H](NC(C)=O)c2ccccc2)c1C. The van der Waals surface area contributed by atoms with Crippen LogP contribution in [-0.4, -0.2) is 28.8 Å². The lowest BCUT2D eigenvalue weighted by Gasteiger charge is -2.17. The number of Topliss-reactive ketones (excluding diaryl/α,β-unsaturated/α-hetero) is 1. The van der Waals surface area contributed by atoms with Gasteiger partial charge in [-0.05, 0) is 31.9 Å². The van der Waals surface area contributed by atoms with Crippen LogP contribution in [0.2, 0.25) is 0 Å². The predicted molar refractivity (Wildman–Crippen MR) is 107 cm³/mol. The van der Waals surface area contributed by atoms with Gasteiger partial charge >= 0.3 is 5.97 Å². The van der Waals surface area contributed by atoms with Crippen molar-refractivity contribution in [2.75, 3.05) is 6.61 Å². The highest BCUT2D eigenvalue weighted by Gasteiger charge is 2.20. The van der Waals surface area contributed by atoms with Crippen LogP contribution in [0.4, 0.5) is 0 Å². The molecular weight excluding hydrogens is 356 g/mol. The molecule has 0 aliphatic rings. The van der Waals surface area contributed by atoms with E-state index in [0.717, 1.165) is 29.9 Å². The zero-order valence-electron chi connectivity index (χ0n) is 17.0. The van der Waals surface area contributed by atoms with Crippen molar-refractivity contribution in [1.29, 1.82) is 0 Å². The molecule has 6 nitrogen and oxygen atoms in total. The highest BCUT2D eigenvalue weighted by Crippen LogP contribution is 2.19. The molecule has 1 atom stereocenters. The van der Waals surface area contributed by atoms with Crippen molar-refractivity contribution in [2.24, 2.45) is 0 Å². The van der Waals surface area contributed by atoms with E-state index in [2.05, 4.69) is 16.8 Å². The van der Waals surface area contributed by atoms with Gasteiger partial charge in [0.1, 0.15) is 0 Å². The Morgan fingerprint density at radius 2 is 1.82 bits per heavy atom. The van der Waals surface area contributed by atoms with Crippen LogP contribution < -0.4 is 5.32 Å². The summed E-state index contributed by atoms with van der Waals surface area (Å²) >= 11 is 0. The van der Waals surface area contributed by atoms with Crippen LogP contribution in [0.3, 0.4) is 0 Å². The first kappa shape index (κ1) is 21.4. The van der Waals surface area contributed by atoms with Crippen molar-refractivity contribution in [1.82, 2.24) is 9.88 Å². The van der Waals surface area contributed by atoms with Crippen molar-refractivity contribution in [2.45, 2.75) is 53.1 Å². The number of hydrogen-bond donors (Lipinski definition) is 1. The largest absolute Gasteiger partial charge is 0.457 e. The van der Waals surface area contributed by atoms with Gasteiger partial charge in [-0.2, -0.15) is 0 Å². The van der Waals surface area contributed by atoms with Crippen molar-refractivity contribution in [3.63, 3.8) is 0 Å². The Morgan fingerprint density at radius 1 is 1.14 bits per heavy atom. The van der Waals surface area contributed by atoms with E-state index >= 15 is 0 Å². The first-order valence-corrected chi connectivity index (χ1v) is 9.51. The number of ether oxygens (including phenoxy) is 1. The van der Waals surface area contributed by atoms with E-state index in [4.69, 9.17) is 4.74 Å². The number of nitrogens with one attached hydrogen (secondary N) is 1. The number of rotatable bonds is 9. The molecule has 1 aromatic carbocycles. The van der Waals surface area contributed by atoms with Gasteiger partial charge in [0.25, 0.3) is 0 Å². The van der Waals surface area contributed by atoms with Crippen LogP contribution in [0.5, 0.6) is 0 Å². The molecule has 0 bridgehead atoms. The molecule has 0 unspecified atom stereocenters. The minimum atomic E-state index is -0.529. The van der Waals surface area contributed by atoms with Gasteiger partial charge in [-0.3, -0.25) is 14.4 Å². The number of esters is 1. The second-order valence-corrected chi connectivity index (χ2v) is 6.89. The van der Waals surface area contributed by atoms with Gasteiger partial charge in [-0.15, -0.1) is 0 Å². The normalized spacial score (nSPS) is 11.7. The molecule has 28 heavy (non-hydrogen) atoms. The summed E-state index contributed by atoms with van der Waals surface area (Å²) in [4.78, 5) is 36.3. The molecule has 150 valence electrons. The van der Waals surface area contributed by atoms with E-state index in [1.807, 2.05) is 50.2 Å². The molecule has 2 aromatic rings. The zero-order valence-corrected chi connectivity index (χ0v) is 17.0. The molecule has 2 rings (SSSR count). The summed E-state index contributed by atoms with van der Waals surface area (Å²) in [6, 6.07) is 10.6. The van der Waals surface area contributed by atoms with Crippen LogP contribution in [0.25, 0.3) is 0 Å². The maximum atomic E-state index is 12.5. The van der Waals surface area contributed by atoms with Crippen LogP contribution in [-0.2, 0) is 20.9 Å². The minimum Gasteiger partial charge on any atom is -0.457 e. The van der Waals surface area contributed by atoms with Crippen LogP contribution in [0.15, 0.2) is 36.4 Å². The fraction of sp³-hybridized carbons (Fsp3) is 0.409. The van der Waals surface area contributed by atoms with Gasteiger partial charge in [0, 0.05) is 30.4 Å². The van der Waals surface area contributed by atoms with Gasteiger partial charge in [0.2, 0.25) is 11.7 Å². The molecule has 0 saturated heterocycles. The molecule has 1 heterocycles. The van der Waals surface area contributed by atoms with Gasteiger partial charge in [0.15, 0.2) is 6.61 Å². The molecule has 1 amide bonds. The van der Waals surface area contributed by atoms with E-state index in [9.17, 15) is 14.4 Å². The van der Waals surface area contributed by atoms with Gasteiger partial charge in [-0.1, -0.05) is 37.3 Å². The summed E-state index contributed by atoms with van der Waals surface area (Å²) in [5, 5.41) is 2.75. The molecule has 0 aliphatic carbocycles. The molecule has 1 N–H and O–H groups in total. The summed E-state index contributed by atoms with van der Waals surface area (Å²) in [6.07, 6.45) is 0.939. The predicted octanol–water partition coefficient (Wildman–Crippen LogP) is 3.51. The number of aryl methyl sites for hydroxylation is 1. The van der Waals surface area contributed by atoms with E-state index in [0.29, 0.717) is 5.56 Å². The molecule has 0 spiro atoms. The highest BCUT2D eigenvalue weighted by atomic mass is 16.5. The summed E-state index contributed by atoms with van der Waals surface area (Å²) in [7, 11) is 0. The van der Waals surface area contributed by atoms with E-state index < -0.39 is 12.0 Å².